The number of anilines is 1. The molecule has 7 heteroatoms. The molecule has 1 fully saturated rings. The second kappa shape index (κ2) is 5.64. The van der Waals surface area contributed by atoms with E-state index in [1.54, 1.807) is 11.0 Å². The normalized spacial score (nSPS) is 13.9. The first-order chi connectivity index (χ1) is 9.10. The molecule has 1 heterocycles. The molecule has 0 radical (unpaired) electrons. The van der Waals surface area contributed by atoms with Crippen LogP contribution in [-0.2, 0) is 9.53 Å². The zero-order valence-electron chi connectivity index (χ0n) is 10.6. The molecule has 19 heavy (non-hydrogen) atoms. The maximum absolute atomic E-state index is 11.4. The molecule has 0 aliphatic heterocycles. The monoisotopic (exact) mass is 265 g/mol. The summed E-state index contributed by atoms with van der Waals surface area (Å²) in [5.74, 6) is -0.686. The molecule has 2 rings (SSSR count). The van der Waals surface area contributed by atoms with Gasteiger partial charge in [-0.25, -0.2) is 14.8 Å². The van der Waals surface area contributed by atoms with Crippen LogP contribution in [0.25, 0.3) is 0 Å². The highest BCUT2D eigenvalue weighted by atomic mass is 16.5. The molecule has 0 amide bonds. The number of nitrogens with zero attached hydrogens (tertiary/aromatic N) is 3. The van der Waals surface area contributed by atoms with Crippen molar-refractivity contribution in [2.75, 3.05) is 25.1 Å². The Morgan fingerprint density at radius 1 is 1.53 bits per heavy atom. The van der Waals surface area contributed by atoms with Crippen LogP contribution in [0.1, 0.15) is 23.5 Å². The number of rotatable bonds is 6. The highest BCUT2D eigenvalue weighted by Gasteiger charge is 2.26. The highest BCUT2D eigenvalue weighted by molar-refractivity contribution is 5.85. The number of carboxylic acid groups (broad SMARTS) is 1. The van der Waals surface area contributed by atoms with Gasteiger partial charge in [-0.2, -0.15) is 0 Å². The molecule has 0 spiro atoms. The van der Waals surface area contributed by atoms with Gasteiger partial charge >= 0.3 is 11.9 Å². The SMILES string of the molecule is COC(=O)c1nccc(N(CC(=O)O)CC2CC2)n1. The predicted octanol–water partition coefficient (Wildman–Crippen LogP) is 0.564. The molecule has 0 unspecified atom stereocenters. The third kappa shape index (κ3) is 3.64. The van der Waals surface area contributed by atoms with Gasteiger partial charge in [0.15, 0.2) is 0 Å². The second-order valence-electron chi connectivity index (χ2n) is 4.45. The van der Waals surface area contributed by atoms with Crippen molar-refractivity contribution in [1.29, 1.82) is 0 Å². The summed E-state index contributed by atoms with van der Waals surface area (Å²) in [4.78, 5) is 31.8. The van der Waals surface area contributed by atoms with Gasteiger partial charge in [-0.15, -0.1) is 0 Å². The van der Waals surface area contributed by atoms with Crippen LogP contribution in [0.3, 0.4) is 0 Å². The summed E-state index contributed by atoms with van der Waals surface area (Å²) >= 11 is 0. The average Bonchev–Trinajstić information content (AvgIpc) is 3.20. The fourth-order valence-electron chi connectivity index (χ4n) is 1.73. The van der Waals surface area contributed by atoms with Crippen LogP contribution in [0, 0.1) is 5.92 Å². The molecule has 1 aliphatic rings. The van der Waals surface area contributed by atoms with E-state index in [2.05, 4.69) is 14.7 Å². The molecule has 0 bridgehead atoms. The molecular weight excluding hydrogens is 250 g/mol. The Labute approximate surface area is 110 Å². The smallest absolute Gasteiger partial charge is 0.376 e. The van der Waals surface area contributed by atoms with Gasteiger partial charge in [0.05, 0.1) is 7.11 Å². The Hall–Kier alpha value is -2.18. The van der Waals surface area contributed by atoms with Gasteiger partial charge in [-0.05, 0) is 24.8 Å². The van der Waals surface area contributed by atoms with Gasteiger partial charge in [0.1, 0.15) is 12.4 Å². The van der Waals surface area contributed by atoms with Crippen LogP contribution in [0.5, 0.6) is 0 Å². The molecule has 1 N–H and O–H groups in total. The molecule has 0 atom stereocenters. The summed E-state index contributed by atoms with van der Waals surface area (Å²) < 4.78 is 4.55. The number of ether oxygens (including phenoxy) is 1. The summed E-state index contributed by atoms with van der Waals surface area (Å²) in [6.07, 6.45) is 3.63. The van der Waals surface area contributed by atoms with Crippen LogP contribution in [0.15, 0.2) is 12.3 Å². The summed E-state index contributed by atoms with van der Waals surface area (Å²) in [6, 6.07) is 1.60. The van der Waals surface area contributed by atoms with Crippen LogP contribution >= 0.6 is 0 Å². The Morgan fingerprint density at radius 3 is 2.84 bits per heavy atom. The van der Waals surface area contributed by atoms with Gasteiger partial charge in [0.2, 0.25) is 5.82 Å². The largest absolute Gasteiger partial charge is 0.480 e. The Kier molecular flexibility index (Phi) is 3.94. The number of carbonyl (C=O) groups excluding carboxylic acids is 1. The van der Waals surface area contributed by atoms with E-state index < -0.39 is 11.9 Å². The van der Waals surface area contributed by atoms with Crippen molar-refractivity contribution in [3.63, 3.8) is 0 Å². The van der Waals surface area contributed by atoms with Gasteiger partial charge in [-0.1, -0.05) is 0 Å². The van der Waals surface area contributed by atoms with E-state index in [1.165, 1.54) is 13.3 Å². The predicted molar refractivity (Wildman–Crippen MR) is 65.9 cm³/mol. The van der Waals surface area contributed by atoms with Gasteiger partial charge < -0.3 is 14.7 Å². The number of carboxylic acids is 1. The fourth-order valence-corrected chi connectivity index (χ4v) is 1.73. The minimum absolute atomic E-state index is 0.0637. The first-order valence-corrected chi connectivity index (χ1v) is 5.98. The number of carbonyl (C=O) groups is 2. The van der Waals surface area contributed by atoms with Crippen molar-refractivity contribution in [2.45, 2.75) is 12.8 Å². The number of hydrogen-bond donors (Lipinski definition) is 1. The number of methoxy groups -OCH3 is 1. The average molecular weight is 265 g/mol. The quantitative estimate of drug-likeness (QED) is 0.751. The number of aromatic nitrogens is 2. The van der Waals surface area contributed by atoms with Crippen LogP contribution in [0.4, 0.5) is 5.82 Å². The highest BCUT2D eigenvalue weighted by Crippen LogP contribution is 2.30. The lowest BCUT2D eigenvalue weighted by molar-refractivity contribution is -0.135. The zero-order valence-corrected chi connectivity index (χ0v) is 10.6. The maximum atomic E-state index is 11.4. The Bertz CT molecular complexity index is 488. The summed E-state index contributed by atoms with van der Waals surface area (Å²) in [6.45, 7) is 0.484. The van der Waals surface area contributed by atoms with Crippen molar-refractivity contribution < 1.29 is 19.4 Å². The fraction of sp³-hybridized carbons (Fsp3) is 0.500. The van der Waals surface area contributed by atoms with Crippen molar-refractivity contribution in [2.24, 2.45) is 5.92 Å². The molecule has 0 saturated heterocycles. The molecular formula is C12H15N3O4. The van der Waals surface area contributed by atoms with Crippen LogP contribution in [0.2, 0.25) is 0 Å². The van der Waals surface area contributed by atoms with E-state index in [1.807, 2.05) is 0 Å². The lowest BCUT2D eigenvalue weighted by Gasteiger charge is -2.21. The minimum atomic E-state index is -0.932. The molecule has 1 aromatic rings. The van der Waals surface area contributed by atoms with E-state index in [-0.39, 0.29) is 12.4 Å². The zero-order chi connectivity index (χ0) is 13.8. The van der Waals surface area contributed by atoms with Crippen molar-refractivity contribution >= 4 is 17.8 Å². The van der Waals surface area contributed by atoms with Gasteiger partial charge in [-0.3, -0.25) is 4.79 Å². The topological polar surface area (TPSA) is 92.6 Å². The van der Waals surface area contributed by atoms with Gasteiger partial charge in [0.25, 0.3) is 0 Å². The van der Waals surface area contributed by atoms with Crippen LogP contribution in [-0.4, -0.2) is 47.2 Å². The Morgan fingerprint density at radius 2 is 2.26 bits per heavy atom. The van der Waals surface area contributed by atoms with Crippen LogP contribution < -0.4 is 4.90 Å². The molecule has 1 aliphatic carbocycles. The lowest BCUT2D eigenvalue weighted by atomic mass is 10.3. The minimum Gasteiger partial charge on any atom is -0.480 e. The van der Waals surface area contributed by atoms with Crippen molar-refractivity contribution in [3.05, 3.63) is 18.1 Å². The summed E-state index contributed by atoms with van der Waals surface area (Å²) in [5, 5.41) is 8.93. The third-order valence-electron chi connectivity index (χ3n) is 2.83. The molecule has 1 saturated carbocycles. The third-order valence-corrected chi connectivity index (χ3v) is 2.83. The molecule has 0 aromatic carbocycles. The number of hydrogen-bond acceptors (Lipinski definition) is 6. The molecule has 1 aromatic heterocycles. The standard InChI is InChI=1S/C12H15N3O4/c1-19-12(18)11-13-5-4-9(14-11)15(7-10(16)17)6-8-2-3-8/h4-5,8H,2-3,6-7H2,1H3,(H,16,17). The summed E-state index contributed by atoms with van der Waals surface area (Å²) in [5.41, 5.74) is 0. The molecule has 7 nitrogen and oxygen atoms in total. The second-order valence-corrected chi connectivity index (χ2v) is 4.45. The van der Waals surface area contributed by atoms with E-state index in [4.69, 9.17) is 5.11 Å². The van der Waals surface area contributed by atoms with Crippen molar-refractivity contribution in [3.8, 4) is 0 Å². The van der Waals surface area contributed by atoms with E-state index in [9.17, 15) is 9.59 Å². The number of esters is 1. The van der Waals surface area contributed by atoms with E-state index in [0.717, 1.165) is 12.8 Å². The van der Waals surface area contributed by atoms with E-state index in [0.29, 0.717) is 18.3 Å². The molecule has 102 valence electrons. The number of aliphatic carboxylic acids is 1. The maximum Gasteiger partial charge on any atom is 0.376 e. The lowest BCUT2D eigenvalue weighted by Crippen LogP contribution is -2.32. The Balaban J connectivity index is 2.19. The first kappa shape index (κ1) is 13.3. The van der Waals surface area contributed by atoms with E-state index >= 15 is 0 Å². The first-order valence-electron chi connectivity index (χ1n) is 5.98. The van der Waals surface area contributed by atoms with Crippen molar-refractivity contribution in [1.82, 2.24) is 9.97 Å². The van der Waals surface area contributed by atoms with Gasteiger partial charge in [0, 0.05) is 12.7 Å². The summed E-state index contributed by atoms with van der Waals surface area (Å²) in [7, 11) is 1.25.